The second-order valence-electron chi connectivity index (χ2n) is 7.38. The number of hydrogen-bond donors (Lipinski definition) is 1. The molecule has 0 amide bonds. The van der Waals surface area contributed by atoms with Crippen molar-refractivity contribution in [2.45, 2.75) is 32.1 Å². The van der Waals surface area contributed by atoms with Crippen LogP contribution in [0.4, 0.5) is 0 Å². The average molecular weight is 386 g/mol. The molecule has 1 aliphatic heterocycles. The minimum absolute atomic E-state index is 0.0337. The molecule has 29 heavy (non-hydrogen) atoms. The number of hydrogen-bond acceptors (Lipinski definition) is 4. The first-order chi connectivity index (χ1) is 14.2. The Kier molecular flexibility index (Phi) is 5.74. The van der Waals surface area contributed by atoms with E-state index < -0.39 is 0 Å². The number of nitrogens with zero attached hydrogens (tertiary/aromatic N) is 1. The van der Waals surface area contributed by atoms with Crippen molar-refractivity contribution in [2.24, 2.45) is 5.73 Å². The fourth-order valence-corrected chi connectivity index (χ4v) is 4.11. The molecule has 2 N–H and O–H groups in total. The molecule has 0 bridgehead atoms. The Morgan fingerprint density at radius 1 is 1.03 bits per heavy atom. The lowest BCUT2D eigenvalue weighted by Gasteiger charge is -2.42. The average Bonchev–Trinajstić information content (AvgIpc) is 2.75. The van der Waals surface area contributed by atoms with Crippen molar-refractivity contribution >= 4 is 5.97 Å². The predicted molar refractivity (Wildman–Crippen MR) is 114 cm³/mol. The zero-order chi connectivity index (χ0) is 20.2. The van der Waals surface area contributed by atoms with Gasteiger partial charge in [0.2, 0.25) is 0 Å². The van der Waals surface area contributed by atoms with Crippen LogP contribution in [0.15, 0.2) is 78.9 Å². The van der Waals surface area contributed by atoms with Crippen LogP contribution in [0.3, 0.4) is 0 Å². The van der Waals surface area contributed by atoms with Gasteiger partial charge in [-0.15, -0.1) is 0 Å². The standard InChI is InChI=1S/C25H26N2O2/c1-2-29-25(28)20-13-14-22-21(15-20)16-23(26)27(17-18-9-5-3-6-10-18)24(22)19-11-7-4-8-12-19/h3-15,23-24H,2,16-17,26H2,1H3. The maximum atomic E-state index is 12.2. The van der Waals surface area contributed by atoms with Crippen molar-refractivity contribution in [1.82, 2.24) is 4.90 Å². The Bertz CT molecular complexity index is 973. The van der Waals surface area contributed by atoms with Gasteiger partial charge in [0.1, 0.15) is 0 Å². The van der Waals surface area contributed by atoms with E-state index in [9.17, 15) is 4.79 Å². The van der Waals surface area contributed by atoms with E-state index in [0.29, 0.717) is 18.6 Å². The van der Waals surface area contributed by atoms with E-state index in [1.54, 1.807) is 0 Å². The van der Waals surface area contributed by atoms with Crippen LogP contribution in [0.2, 0.25) is 0 Å². The summed E-state index contributed by atoms with van der Waals surface area (Å²) in [6.07, 6.45) is 0.545. The van der Waals surface area contributed by atoms with E-state index in [1.165, 1.54) is 16.7 Å². The number of rotatable bonds is 5. The summed E-state index contributed by atoms with van der Waals surface area (Å²) in [7, 11) is 0. The number of esters is 1. The van der Waals surface area contributed by atoms with Crippen molar-refractivity contribution < 1.29 is 9.53 Å². The van der Waals surface area contributed by atoms with Crippen LogP contribution < -0.4 is 5.73 Å². The van der Waals surface area contributed by atoms with Gasteiger partial charge in [-0.05, 0) is 41.3 Å². The number of carbonyl (C=O) groups excluding carboxylic acids is 1. The highest BCUT2D eigenvalue weighted by Crippen LogP contribution is 2.38. The normalized spacial score (nSPS) is 18.8. The largest absolute Gasteiger partial charge is 0.462 e. The van der Waals surface area contributed by atoms with Crippen molar-refractivity contribution in [3.8, 4) is 0 Å². The van der Waals surface area contributed by atoms with Gasteiger partial charge in [0.05, 0.1) is 24.4 Å². The zero-order valence-corrected chi connectivity index (χ0v) is 16.6. The molecule has 4 rings (SSSR count). The highest BCUT2D eigenvalue weighted by molar-refractivity contribution is 5.89. The molecule has 0 saturated carbocycles. The topological polar surface area (TPSA) is 55.6 Å². The Hall–Kier alpha value is -2.95. The third kappa shape index (κ3) is 4.09. The van der Waals surface area contributed by atoms with Gasteiger partial charge in [0.25, 0.3) is 0 Å². The van der Waals surface area contributed by atoms with Crippen LogP contribution >= 0.6 is 0 Å². The van der Waals surface area contributed by atoms with Gasteiger partial charge >= 0.3 is 5.97 Å². The Morgan fingerprint density at radius 3 is 2.41 bits per heavy atom. The number of benzene rings is 3. The quantitative estimate of drug-likeness (QED) is 0.665. The molecule has 4 nitrogen and oxygen atoms in total. The van der Waals surface area contributed by atoms with E-state index >= 15 is 0 Å². The van der Waals surface area contributed by atoms with E-state index in [-0.39, 0.29) is 18.2 Å². The van der Waals surface area contributed by atoms with Gasteiger partial charge in [-0.1, -0.05) is 66.7 Å². The molecule has 4 heteroatoms. The van der Waals surface area contributed by atoms with E-state index in [0.717, 1.165) is 12.1 Å². The summed E-state index contributed by atoms with van der Waals surface area (Å²) >= 11 is 0. The maximum absolute atomic E-state index is 12.2. The van der Waals surface area contributed by atoms with Crippen LogP contribution in [0.25, 0.3) is 0 Å². The molecular weight excluding hydrogens is 360 g/mol. The second-order valence-corrected chi connectivity index (χ2v) is 7.38. The molecule has 0 aromatic heterocycles. The Labute approximate surface area is 171 Å². The van der Waals surface area contributed by atoms with Crippen LogP contribution in [0.1, 0.15) is 45.6 Å². The van der Waals surface area contributed by atoms with Gasteiger partial charge in [0, 0.05) is 13.0 Å². The monoisotopic (exact) mass is 386 g/mol. The van der Waals surface area contributed by atoms with Gasteiger partial charge < -0.3 is 10.5 Å². The highest BCUT2D eigenvalue weighted by Gasteiger charge is 2.34. The number of ether oxygens (including phenoxy) is 1. The summed E-state index contributed by atoms with van der Waals surface area (Å²) in [6.45, 7) is 2.95. The van der Waals surface area contributed by atoms with Crippen molar-refractivity contribution in [3.05, 3.63) is 107 Å². The maximum Gasteiger partial charge on any atom is 0.338 e. The molecule has 0 saturated heterocycles. The number of fused-ring (bicyclic) bond motifs is 1. The lowest BCUT2D eigenvalue weighted by atomic mass is 9.85. The second kappa shape index (κ2) is 8.60. The summed E-state index contributed by atoms with van der Waals surface area (Å²) in [6, 6.07) is 26.7. The highest BCUT2D eigenvalue weighted by atomic mass is 16.5. The summed E-state index contributed by atoms with van der Waals surface area (Å²) < 4.78 is 5.18. The third-order valence-corrected chi connectivity index (χ3v) is 5.46. The molecule has 1 heterocycles. The van der Waals surface area contributed by atoms with E-state index in [1.807, 2.05) is 31.2 Å². The van der Waals surface area contributed by atoms with E-state index in [2.05, 4.69) is 59.5 Å². The van der Waals surface area contributed by atoms with Crippen LogP contribution in [-0.4, -0.2) is 23.6 Å². The van der Waals surface area contributed by atoms with Crippen LogP contribution in [-0.2, 0) is 17.7 Å². The molecule has 2 unspecified atom stereocenters. The molecule has 1 aliphatic rings. The minimum atomic E-state index is -0.285. The first kappa shape index (κ1) is 19.4. The summed E-state index contributed by atoms with van der Waals surface area (Å²) in [5.41, 5.74) is 12.0. The summed E-state index contributed by atoms with van der Waals surface area (Å²) in [5, 5.41) is 0. The SMILES string of the molecule is CCOC(=O)c1ccc2c(c1)CC(N)N(Cc1ccccc1)C2c1ccccc1. The molecule has 0 fully saturated rings. The molecule has 0 radical (unpaired) electrons. The molecule has 0 aliphatic carbocycles. The Balaban J connectivity index is 1.76. The van der Waals surface area contributed by atoms with Gasteiger partial charge in [0.15, 0.2) is 0 Å². The first-order valence-corrected chi connectivity index (χ1v) is 10.1. The number of carbonyl (C=O) groups is 1. The summed E-state index contributed by atoms with van der Waals surface area (Å²) in [4.78, 5) is 14.5. The molecule has 148 valence electrons. The lowest BCUT2D eigenvalue weighted by molar-refractivity contribution is 0.0525. The Morgan fingerprint density at radius 2 is 1.72 bits per heavy atom. The third-order valence-electron chi connectivity index (χ3n) is 5.46. The van der Waals surface area contributed by atoms with Crippen LogP contribution in [0, 0.1) is 0 Å². The molecule has 3 aromatic rings. The summed E-state index contributed by atoms with van der Waals surface area (Å²) in [5.74, 6) is -0.285. The zero-order valence-electron chi connectivity index (χ0n) is 16.6. The molecule has 2 atom stereocenters. The van der Waals surface area contributed by atoms with Crippen LogP contribution in [0.5, 0.6) is 0 Å². The van der Waals surface area contributed by atoms with E-state index in [4.69, 9.17) is 10.5 Å². The molecule has 3 aromatic carbocycles. The van der Waals surface area contributed by atoms with Gasteiger partial charge in [-0.3, -0.25) is 4.90 Å². The fourth-order valence-electron chi connectivity index (χ4n) is 4.11. The van der Waals surface area contributed by atoms with Gasteiger partial charge in [-0.2, -0.15) is 0 Å². The van der Waals surface area contributed by atoms with Crippen molar-refractivity contribution in [1.29, 1.82) is 0 Å². The smallest absolute Gasteiger partial charge is 0.338 e. The molecule has 0 spiro atoms. The van der Waals surface area contributed by atoms with Gasteiger partial charge in [-0.25, -0.2) is 4.79 Å². The predicted octanol–water partition coefficient (Wildman–Crippen LogP) is 4.30. The lowest BCUT2D eigenvalue weighted by Crippen LogP contribution is -2.48. The number of nitrogens with two attached hydrogens (primary N) is 1. The first-order valence-electron chi connectivity index (χ1n) is 10.1. The molecular formula is C25H26N2O2. The minimum Gasteiger partial charge on any atom is -0.462 e. The fraction of sp³-hybridized carbons (Fsp3) is 0.240. The van der Waals surface area contributed by atoms with Crippen molar-refractivity contribution in [2.75, 3.05) is 6.61 Å². The van der Waals surface area contributed by atoms with Crippen molar-refractivity contribution in [3.63, 3.8) is 0 Å².